The molecule has 7 nitrogen and oxygen atoms in total. The van der Waals surface area contributed by atoms with E-state index in [0.717, 1.165) is 11.1 Å². The molecule has 2 aromatic rings. The molecular weight excluding hydrogens is 384 g/mol. The molecule has 0 aromatic heterocycles. The molecular formula is C23H24N2O5. The number of hydrogen-bond donors (Lipinski definition) is 2. The molecule has 4 rings (SSSR count). The van der Waals surface area contributed by atoms with Crippen LogP contribution in [0.1, 0.15) is 29.9 Å². The van der Waals surface area contributed by atoms with Gasteiger partial charge in [0.15, 0.2) is 0 Å². The molecule has 0 radical (unpaired) electrons. The highest BCUT2D eigenvalue weighted by Crippen LogP contribution is 2.44. The van der Waals surface area contributed by atoms with Crippen LogP contribution < -0.4 is 5.32 Å². The lowest BCUT2D eigenvalue weighted by Gasteiger charge is -2.38. The summed E-state index contributed by atoms with van der Waals surface area (Å²) < 4.78 is 5.44. The first-order valence-corrected chi connectivity index (χ1v) is 10.1. The van der Waals surface area contributed by atoms with Gasteiger partial charge in [-0.15, -0.1) is 0 Å². The van der Waals surface area contributed by atoms with Crippen molar-refractivity contribution in [1.29, 1.82) is 0 Å². The molecule has 2 amide bonds. The van der Waals surface area contributed by atoms with E-state index in [-0.39, 0.29) is 43.7 Å². The number of alkyl carbamates (subject to hydrolysis) is 1. The van der Waals surface area contributed by atoms with Gasteiger partial charge < -0.3 is 20.1 Å². The third-order valence-corrected chi connectivity index (χ3v) is 5.73. The molecule has 0 saturated carbocycles. The topological polar surface area (TPSA) is 95.9 Å². The zero-order chi connectivity index (χ0) is 21.1. The van der Waals surface area contributed by atoms with Crippen LogP contribution >= 0.6 is 0 Å². The van der Waals surface area contributed by atoms with Gasteiger partial charge in [0.2, 0.25) is 5.91 Å². The summed E-state index contributed by atoms with van der Waals surface area (Å²) in [6, 6.07) is 16.3. The largest absolute Gasteiger partial charge is 0.481 e. The summed E-state index contributed by atoms with van der Waals surface area (Å²) in [6.07, 6.45) is -0.289. The van der Waals surface area contributed by atoms with Crippen LogP contribution in [-0.2, 0) is 14.3 Å². The first kappa shape index (κ1) is 19.9. The summed E-state index contributed by atoms with van der Waals surface area (Å²) in [7, 11) is 0. The third-order valence-electron chi connectivity index (χ3n) is 5.73. The van der Waals surface area contributed by atoms with Crippen molar-refractivity contribution in [2.45, 2.75) is 18.8 Å². The number of aliphatic carboxylic acids is 1. The second-order valence-electron chi connectivity index (χ2n) is 7.76. The Morgan fingerprint density at radius 1 is 1.00 bits per heavy atom. The minimum atomic E-state index is -0.843. The molecule has 0 bridgehead atoms. The quantitative estimate of drug-likeness (QED) is 0.735. The van der Waals surface area contributed by atoms with Crippen LogP contribution in [0, 0.1) is 5.92 Å². The Morgan fingerprint density at radius 3 is 2.20 bits per heavy atom. The summed E-state index contributed by atoms with van der Waals surface area (Å²) in [5.41, 5.74) is 4.64. The SMILES string of the molecule is O=C(O)CC1CN(C(=O)CCNC(=O)OCC2c3ccccc3-c3ccccc32)C1. The van der Waals surface area contributed by atoms with Gasteiger partial charge in [-0.1, -0.05) is 48.5 Å². The lowest BCUT2D eigenvalue weighted by atomic mass is 9.96. The van der Waals surface area contributed by atoms with E-state index >= 15 is 0 Å². The molecule has 7 heteroatoms. The van der Waals surface area contributed by atoms with Gasteiger partial charge >= 0.3 is 12.1 Å². The first-order chi connectivity index (χ1) is 14.5. The molecule has 2 N–H and O–H groups in total. The average molecular weight is 408 g/mol. The number of benzene rings is 2. The van der Waals surface area contributed by atoms with Crippen molar-refractivity contribution in [2.75, 3.05) is 26.2 Å². The predicted molar refractivity (Wildman–Crippen MR) is 110 cm³/mol. The van der Waals surface area contributed by atoms with E-state index < -0.39 is 12.1 Å². The lowest BCUT2D eigenvalue weighted by molar-refractivity contribution is -0.145. The van der Waals surface area contributed by atoms with Crippen LogP contribution in [0.5, 0.6) is 0 Å². The van der Waals surface area contributed by atoms with E-state index in [2.05, 4.69) is 29.6 Å². The minimum Gasteiger partial charge on any atom is -0.481 e. The van der Waals surface area contributed by atoms with Gasteiger partial charge in [0.25, 0.3) is 0 Å². The Hall–Kier alpha value is -3.35. The van der Waals surface area contributed by atoms with E-state index in [0.29, 0.717) is 13.1 Å². The number of rotatable bonds is 7. The van der Waals surface area contributed by atoms with E-state index in [1.807, 2.05) is 24.3 Å². The normalized spacial score (nSPS) is 15.1. The van der Waals surface area contributed by atoms with Gasteiger partial charge in [-0.25, -0.2) is 4.79 Å². The fourth-order valence-electron chi connectivity index (χ4n) is 4.23. The van der Waals surface area contributed by atoms with Crippen molar-refractivity contribution >= 4 is 18.0 Å². The van der Waals surface area contributed by atoms with Crippen molar-refractivity contribution in [3.8, 4) is 11.1 Å². The smallest absolute Gasteiger partial charge is 0.407 e. The number of carbonyl (C=O) groups excluding carboxylic acids is 2. The summed E-state index contributed by atoms with van der Waals surface area (Å²) in [5, 5.41) is 11.4. The highest BCUT2D eigenvalue weighted by molar-refractivity contribution is 5.80. The van der Waals surface area contributed by atoms with Crippen LogP contribution in [0.15, 0.2) is 48.5 Å². The highest BCUT2D eigenvalue weighted by Gasteiger charge is 2.32. The molecule has 0 spiro atoms. The monoisotopic (exact) mass is 408 g/mol. The predicted octanol–water partition coefficient (Wildman–Crippen LogP) is 2.85. The number of ether oxygens (including phenoxy) is 1. The Balaban J connectivity index is 1.22. The Kier molecular flexibility index (Phi) is 5.70. The number of fused-ring (bicyclic) bond motifs is 3. The summed E-state index contributed by atoms with van der Waals surface area (Å²) in [6.45, 7) is 1.36. The summed E-state index contributed by atoms with van der Waals surface area (Å²) >= 11 is 0. The maximum atomic E-state index is 12.1. The first-order valence-electron chi connectivity index (χ1n) is 10.1. The summed E-state index contributed by atoms with van der Waals surface area (Å²) in [4.78, 5) is 36.4. The van der Waals surface area contributed by atoms with Crippen molar-refractivity contribution in [1.82, 2.24) is 10.2 Å². The number of carbonyl (C=O) groups is 3. The van der Waals surface area contributed by atoms with E-state index in [1.165, 1.54) is 11.1 Å². The van der Waals surface area contributed by atoms with Gasteiger partial charge in [0.05, 0.1) is 6.42 Å². The standard InChI is InChI=1S/C23H24N2O5/c26-21(25-12-15(13-25)11-22(27)28)9-10-24-23(29)30-14-20-18-7-3-1-5-16(18)17-6-2-4-8-19(17)20/h1-8,15,20H,9-14H2,(H,24,29)(H,27,28). The number of amides is 2. The molecule has 1 saturated heterocycles. The van der Waals surface area contributed by atoms with Gasteiger partial charge in [-0.2, -0.15) is 0 Å². The molecule has 1 fully saturated rings. The van der Waals surface area contributed by atoms with Crippen LogP contribution in [0.3, 0.4) is 0 Å². The third kappa shape index (κ3) is 4.15. The van der Waals surface area contributed by atoms with E-state index in [9.17, 15) is 14.4 Å². The number of nitrogens with zero attached hydrogens (tertiary/aromatic N) is 1. The van der Waals surface area contributed by atoms with Gasteiger partial charge in [-0.05, 0) is 22.3 Å². The van der Waals surface area contributed by atoms with Crippen LogP contribution in [0.25, 0.3) is 11.1 Å². The number of likely N-dealkylation sites (tertiary alicyclic amines) is 1. The number of hydrogen-bond acceptors (Lipinski definition) is 4. The van der Waals surface area contributed by atoms with Gasteiger partial charge in [0.1, 0.15) is 6.61 Å². The Bertz CT molecular complexity index is 922. The number of nitrogens with one attached hydrogen (secondary N) is 1. The highest BCUT2D eigenvalue weighted by atomic mass is 16.5. The minimum absolute atomic E-state index is 0.00274. The lowest BCUT2D eigenvalue weighted by Crippen LogP contribution is -2.51. The maximum absolute atomic E-state index is 12.1. The van der Waals surface area contributed by atoms with Gasteiger partial charge in [-0.3, -0.25) is 9.59 Å². The zero-order valence-corrected chi connectivity index (χ0v) is 16.5. The molecule has 30 heavy (non-hydrogen) atoms. The fraction of sp³-hybridized carbons (Fsp3) is 0.348. The molecule has 1 aliphatic heterocycles. The average Bonchev–Trinajstić information content (AvgIpc) is 3.02. The zero-order valence-electron chi connectivity index (χ0n) is 16.5. The van der Waals surface area contributed by atoms with Crippen molar-refractivity contribution in [3.05, 3.63) is 59.7 Å². The van der Waals surface area contributed by atoms with E-state index in [1.54, 1.807) is 4.90 Å². The second kappa shape index (κ2) is 8.57. The molecule has 1 heterocycles. The molecule has 2 aliphatic rings. The van der Waals surface area contributed by atoms with Crippen molar-refractivity contribution in [2.24, 2.45) is 5.92 Å². The van der Waals surface area contributed by atoms with Crippen molar-refractivity contribution in [3.63, 3.8) is 0 Å². The molecule has 0 unspecified atom stereocenters. The number of carboxylic acid groups (broad SMARTS) is 1. The van der Waals surface area contributed by atoms with Crippen LogP contribution in [0.4, 0.5) is 4.79 Å². The number of carboxylic acids is 1. The Morgan fingerprint density at radius 2 is 1.60 bits per heavy atom. The molecule has 0 atom stereocenters. The summed E-state index contributed by atoms with van der Waals surface area (Å²) in [5.74, 6) is -0.904. The van der Waals surface area contributed by atoms with Crippen molar-refractivity contribution < 1.29 is 24.2 Å². The molecule has 156 valence electrons. The van der Waals surface area contributed by atoms with E-state index in [4.69, 9.17) is 9.84 Å². The van der Waals surface area contributed by atoms with Gasteiger partial charge in [0, 0.05) is 37.9 Å². The molecule has 2 aromatic carbocycles. The Labute approximate surface area is 174 Å². The maximum Gasteiger partial charge on any atom is 0.407 e. The fourth-order valence-corrected chi connectivity index (χ4v) is 4.23. The van der Waals surface area contributed by atoms with Crippen LogP contribution in [-0.4, -0.2) is 54.2 Å². The molecule has 1 aliphatic carbocycles. The second-order valence-corrected chi connectivity index (χ2v) is 7.76. The van der Waals surface area contributed by atoms with Crippen LogP contribution in [0.2, 0.25) is 0 Å².